The molecule has 3 rings (SSSR count). The van der Waals surface area contributed by atoms with Crippen LogP contribution in [0.1, 0.15) is 23.0 Å². The summed E-state index contributed by atoms with van der Waals surface area (Å²) in [5.74, 6) is -0.842. The molecule has 0 spiro atoms. The summed E-state index contributed by atoms with van der Waals surface area (Å²) in [5.41, 5.74) is 0.0412. The van der Waals surface area contributed by atoms with E-state index in [0.717, 1.165) is 5.69 Å². The molecule has 2 N–H and O–H groups in total. The second-order valence-electron chi connectivity index (χ2n) is 5.82. The van der Waals surface area contributed by atoms with Gasteiger partial charge in [-0.1, -0.05) is 30.3 Å². The second kappa shape index (κ2) is 6.82. The van der Waals surface area contributed by atoms with Crippen LogP contribution in [0.4, 0.5) is 4.39 Å². The van der Waals surface area contributed by atoms with Crippen molar-refractivity contribution in [3.8, 4) is 5.69 Å². The molecule has 0 radical (unpaired) electrons. The van der Waals surface area contributed by atoms with Crippen molar-refractivity contribution in [3.63, 3.8) is 0 Å². The molecule has 0 fully saturated rings. The topological polar surface area (TPSA) is 80.0 Å². The quantitative estimate of drug-likeness (QED) is 0.745. The molecule has 2 aromatic carbocycles. The van der Waals surface area contributed by atoms with E-state index < -0.39 is 11.5 Å². The Bertz CT molecular complexity index is 860. The van der Waals surface area contributed by atoms with Crippen molar-refractivity contribution in [1.29, 1.82) is 0 Å². The summed E-state index contributed by atoms with van der Waals surface area (Å²) in [4.78, 5) is 13.6. The van der Waals surface area contributed by atoms with Crippen LogP contribution >= 0.6 is 0 Å². The number of carbonyl (C=O) groups is 1. The maximum Gasteiger partial charge on any atom is 0.273 e. The van der Waals surface area contributed by atoms with E-state index >= 15 is 0 Å². The molecule has 7 heteroatoms. The van der Waals surface area contributed by atoms with Gasteiger partial charge in [0, 0.05) is 0 Å². The number of benzene rings is 2. The predicted octanol–water partition coefficient (Wildman–Crippen LogP) is 2.04. The number of carbonyl (C=O) groups excluding carboxylic acids is 1. The Morgan fingerprint density at radius 2 is 1.88 bits per heavy atom. The Labute approximate surface area is 143 Å². The van der Waals surface area contributed by atoms with Crippen molar-refractivity contribution in [2.45, 2.75) is 12.5 Å². The van der Waals surface area contributed by atoms with Gasteiger partial charge < -0.3 is 10.4 Å². The zero-order valence-corrected chi connectivity index (χ0v) is 13.6. The fourth-order valence-electron chi connectivity index (χ4n) is 2.31. The van der Waals surface area contributed by atoms with Crippen LogP contribution in [0.5, 0.6) is 0 Å². The van der Waals surface area contributed by atoms with Crippen LogP contribution in [-0.4, -0.2) is 32.6 Å². The first-order chi connectivity index (χ1) is 12.0. The molecule has 128 valence electrons. The zero-order chi connectivity index (χ0) is 17.9. The molecule has 0 saturated heterocycles. The van der Waals surface area contributed by atoms with Gasteiger partial charge in [-0.05, 0) is 36.8 Å². The number of nitrogens with zero attached hydrogens (tertiary/aromatic N) is 3. The van der Waals surface area contributed by atoms with Crippen LogP contribution in [0.25, 0.3) is 5.69 Å². The van der Waals surface area contributed by atoms with Crippen LogP contribution in [0, 0.1) is 5.82 Å². The molecule has 25 heavy (non-hydrogen) atoms. The third-order valence-corrected chi connectivity index (χ3v) is 3.77. The standard InChI is InChI=1S/C18H17FN4O2/c1-18(25,13-7-9-14(19)10-8-13)12-20-17(24)16-11-21-23(22-16)15-5-3-2-4-6-15/h2-11,25H,12H2,1H3,(H,20,24). The highest BCUT2D eigenvalue weighted by Crippen LogP contribution is 2.20. The largest absolute Gasteiger partial charge is 0.384 e. The molecule has 1 atom stereocenters. The molecular formula is C18H17FN4O2. The number of hydrogen-bond acceptors (Lipinski definition) is 4. The van der Waals surface area contributed by atoms with Crippen molar-refractivity contribution < 1.29 is 14.3 Å². The van der Waals surface area contributed by atoms with Gasteiger partial charge >= 0.3 is 0 Å². The van der Waals surface area contributed by atoms with Crippen molar-refractivity contribution in [1.82, 2.24) is 20.3 Å². The van der Waals surface area contributed by atoms with Gasteiger partial charge in [0.15, 0.2) is 5.69 Å². The van der Waals surface area contributed by atoms with Gasteiger partial charge in [0.25, 0.3) is 5.91 Å². The maximum absolute atomic E-state index is 13.0. The molecule has 0 saturated carbocycles. The number of rotatable bonds is 5. The van der Waals surface area contributed by atoms with Gasteiger partial charge in [-0.15, -0.1) is 5.10 Å². The lowest BCUT2D eigenvalue weighted by Crippen LogP contribution is -2.38. The average molecular weight is 340 g/mol. The summed E-state index contributed by atoms with van der Waals surface area (Å²) in [6.07, 6.45) is 1.36. The van der Waals surface area contributed by atoms with Crippen LogP contribution in [0.2, 0.25) is 0 Å². The first-order valence-corrected chi connectivity index (χ1v) is 7.70. The third-order valence-electron chi connectivity index (χ3n) is 3.77. The number of halogens is 1. The fraction of sp³-hybridized carbons (Fsp3) is 0.167. The van der Waals surface area contributed by atoms with Gasteiger partial charge in [0.2, 0.25) is 0 Å². The molecule has 1 heterocycles. The van der Waals surface area contributed by atoms with E-state index in [2.05, 4.69) is 15.5 Å². The smallest absolute Gasteiger partial charge is 0.273 e. The maximum atomic E-state index is 13.0. The Morgan fingerprint density at radius 3 is 2.56 bits per heavy atom. The molecule has 1 unspecified atom stereocenters. The molecule has 1 amide bonds. The highest BCUT2D eigenvalue weighted by atomic mass is 19.1. The number of aromatic nitrogens is 3. The lowest BCUT2D eigenvalue weighted by Gasteiger charge is -2.24. The monoisotopic (exact) mass is 340 g/mol. The normalized spacial score (nSPS) is 13.2. The van der Waals surface area contributed by atoms with Crippen LogP contribution in [0.3, 0.4) is 0 Å². The van der Waals surface area contributed by atoms with Crippen LogP contribution in [0.15, 0.2) is 60.8 Å². The number of aliphatic hydroxyl groups is 1. The summed E-state index contributed by atoms with van der Waals surface area (Å²) in [6.45, 7) is 1.50. The lowest BCUT2D eigenvalue weighted by molar-refractivity contribution is 0.0524. The fourth-order valence-corrected chi connectivity index (χ4v) is 2.31. The summed E-state index contributed by atoms with van der Waals surface area (Å²) in [5, 5.41) is 21.3. The first kappa shape index (κ1) is 16.8. The molecule has 0 aliphatic heterocycles. The molecule has 0 aliphatic rings. The number of para-hydroxylation sites is 1. The van der Waals surface area contributed by atoms with E-state index in [1.165, 1.54) is 35.3 Å². The van der Waals surface area contributed by atoms with Gasteiger partial charge in [-0.3, -0.25) is 4.79 Å². The third kappa shape index (κ3) is 3.89. The number of amides is 1. The molecule has 0 aliphatic carbocycles. The highest BCUT2D eigenvalue weighted by molar-refractivity contribution is 5.91. The van der Waals surface area contributed by atoms with Crippen molar-refractivity contribution in [3.05, 3.63) is 77.9 Å². The number of nitrogens with one attached hydrogen (secondary N) is 1. The van der Waals surface area contributed by atoms with Gasteiger partial charge in [0.05, 0.1) is 18.4 Å². The minimum absolute atomic E-state index is 0.0460. The Morgan fingerprint density at radius 1 is 1.20 bits per heavy atom. The predicted molar refractivity (Wildman–Crippen MR) is 89.7 cm³/mol. The van der Waals surface area contributed by atoms with E-state index in [-0.39, 0.29) is 18.1 Å². The minimum Gasteiger partial charge on any atom is -0.384 e. The summed E-state index contributed by atoms with van der Waals surface area (Å²) in [7, 11) is 0. The van der Waals surface area contributed by atoms with Crippen LogP contribution in [-0.2, 0) is 5.60 Å². The summed E-state index contributed by atoms with van der Waals surface area (Å²) in [6, 6.07) is 14.7. The van der Waals surface area contributed by atoms with E-state index in [0.29, 0.717) is 5.56 Å². The molecule has 1 aromatic heterocycles. The van der Waals surface area contributed by atoms with Crippen LogP contribution < -0.4 is 5.32 Å². The second-order valence-corrected chi connectivity index (χ2v) is 5.82. The molecule has 0 bridgehead atoms. The van der Waals surface area contributed by atoms with E-state index in [1.807, 2.05) is 30.3 Å². The first-order valence-electron chi connectivity index (χ1n) is 7.70. The summed E-state index contributed by atoms with van der Waals surface area (Å²) >= 11 is 0. The lowest BCUT2D eigenvalue weighted by atomic mass is 9.96. The van der Waals surface area contributed by atoms with Gasteiger partial charge in [0.1, 0.15) is 11.4 Å². The van der Waals surface area contributed by atoms with Crippen molar-refractivity contribution in [2.75, 3.05) is 6.54 Å². The number of hydrogen-bond donors (Lipinski definition) is 2. The van der Waals surface area contributed by atoms with Gasteiger partial charge in [-0.2, -0.15) is 9.90 Å². The molecule has 3 aromatic rings. The van der Waals surface area contributed by atoms with Crippen molar-refractivity contribution in [2.24, 2.45) is 0 Å². The Hall–Kier alpha value is -3.06. The minimum atomic E-state index is -1.33. The summed E-state index contributed by atoms with van der Waals surface area (Å²) < 4.78 is 13.0. The average Bonchev–Trinajstić information content (AvgIpc) is 3.11. The Kier molecular flexibility index (Phi) is 4.58. The van der Waals surface area contributed by atoms with E-state index in [9.17, 15) is 14.3 Å². The Balaban J connectivity index is 1.66. The molecule has 6 nitrogen and oxygen atoms in total. The zero-order valence-electron chi connectivity index (χ0n) is 13.6. The van der Waals surface area contributed by atoms with Gasteiger partial charge in [-0.25, -0.2) is 4.39 Å². The highest BCUT2D eigenvalue weighted by Gasteiger charge is 2.24. The molecular weight excluding hydrogens is 323 g/mol. The SMILES string of the molecule is CC(O)(CNC(=O)c1cnn(-c2ccccc2)n1)c1ccc(F)cc1. The van der Waals surface area contributed by atoms with Crippen molar-refractivity contribution >= 4 is 5.91 Å². The van der Waals surface area contributed by atoms with E-state index in [4.69, 9.17) is 0 Å². The van der Waals surface area contributed by atoms with E-state index in [1.54, 1.807) is 6.92 Å².